The van der Waals surface area contributed by atoms with E-state index in [0.717, 1.165) is 11.1 Å². The van der Waals surface area contributed by atoms with Crippen molar-refractivity contribution >= 4 is 12.0 Å². The lowest BCUT2D eigenvalue weighted by molar-refractivity contribution is -0.118. The lowest BCUT2D eigenvalue weighted by atomic mass is 9.88. The number of amides is 1. The normalized spacial score (nSPS) is 19.9. The molecule has 1 heterocycles. The highest BCUT2D eigenvalue weighted by atomic mass is 16.5. The van der Waals surface area contributed by atoms with Gasteiger partial charge in [-0.3, -0.25) is 4.79 Å². The number of hydrogen-bond acceptors (Lipinski definition) is 3. The van der Waals surface area contributed by atoms with Gasteiger partial charge in [0.15, 0.2) is 0 Å². The number of rotatable bonds is 4. The molecule has 0 radical (unpaired) electrons. The second-order valence-electron chi connectivity index (χ2n) is 5.59. The zero-order chi connectivity index (χ0) is 16.1. The van der Waals surface area contributed by atoms with Gasteiger partial charge < -0.3 is 15.2 Å². The van der Waals surface area contributed by atoms with Gasteiger partial charge in [-0.25, -0.2) is 0 Å². The van der Waals surface area contributed by atoms with Crippen molar-refractivity contribution < 1.29 is 14.6 Å². The van der Waals surface area contributed by atoms with E-state index in [0.29, 0.717) is 18.8 Å². The van der Waals surface area contributed by atoms with Crippen molar-refractivity contribution in [1.29, 1.82) is 0 Å². The lowest BCUT2D eigenvalue weighted by Gasteiger charge is -2.34. The summed E-state index contributed by atoms with van der Waals surface area (Å²) in [7, 11) is 0. The number of carbonyl (C=O) groups is 1. The maximum absolute atomic E-state index is 12.0. The minimum atomic E-state index is -1.09. The Bertz CT molecular complexity index is 712. The van der Waals surface area contributed by atoms with Gasteiger partial charge >= 0.3 is 0 Å². The molecule has 1 aliphatic heterocycles. The number of para-hydroxylation sites is 1. The molecule has 0 bridgehead atoms. The van der Waals surface area contributed by atoms with Crippen molar-refractivity contribution in [3.8, 4) is 5.75 Å². The number of aliphatic hydroxyl groups is 1. The average molecular weight is 309 g/mol. The molecular formula is C19H19NO3. The van der Waals surface area contributed by atoms with Crippen LogP contribution < -0.4 is 10.1 Å². The van der Waals surface area contributed by atoms with Gasteiger partial charge in [0.2, 0.25) is 5.91 Å². The summed E-state index contributed by atoms with van der Waals surface area (Å²) in [4.78, 5) is 12.0. The Labute approximate surface area is 135 Å². The topological polar surface area (TPSA) is 58.6 Å². The van der Waals surface area contributed by atoms with Crippen molar-refractivity contribution in [2.75, 3.05) is 13.2 Å². The first-order valence-corrected chi connectivity index (χ1v) is 7.63. The van der Waals surface area contributed by atoms with E-state index in [1.54, 1.807) is 6.08 Å². The Hall–Kier alpha value is -2.59. The second-order valence-corrected chi connectivity index (χ2v) is 5.59. The first kappa shape index (κ1) is 15.3. The van der Waals surface area contributed by atoms with E-state index in [2.05, 4.69) is 5.32 Å². The van der Waals surface area contributed by atoms with Crippen LogP contribution in [0.1, 0.15) is 17.5 Å². The maximum atomic E-state index is 12.0. The molecule has 0 aliphatic carbocycles. The van der Waals surface area contributed by atoms with Gasteiger partial charge in [0.25, 0.3) is 0 Å². The molecule has 4 heteroatoms. The summed E-state index contributed by atoms with van der Waals surface area (Å²) >= 11 is 0. The molecule has 0 saturated heterocycles. The fourth-order valence-corrected chi connectivity index (χ4v) is 2.65. The van der Waals surface area contributed by atoms with Gasteiger partial charge in [0.05, 0.1) is 13.2 Å². The highest BCUT2D eigenvalue weighted by Gasteiger charge is 2.35. The van der Waals surface area contributed by atoms with Gasteiger partial charge in [-0.1, -0.05) is 48.5 Å². The third kappa shape index (κ3) is 3.60. The molecular weight excluding hydrogens is 290 g/mol. The van der Waals surface area contributed by atoms with Crippen LogP contribution in [0.5, 0.6) is 5.75 Å². The summed E-state index contributed by atoms with van der Waals surface area (Å²) in [6, 6.07) is 17.0. The van der Waals surface area contributed by atoms with Crippen LogP contribution in [-0.2, 0) is 10.4 Å². The number of hydrogen-bond donors (Lipinski definition) is 2. The Morgan fingerprint density at radius 2 is 1.91 bits per heavy atom. The standard InChI is InChI=1S/C19H19NO3/c21-18(11-10-15-6-2-1-3-7-15)20-14-19(22)12-13-23-17-9-5-4-8-16(17)19/h1-11,22H,12-14H2,(H,20,21)/b11-10+/t19-/m1/s1. The molecule has 2 aromatic carbocycles. The quantitative estimate of drug-likeness (QED) is 0.853. The maximum Gasteiger partial charge on any atom is 0.244 e. The monoisotopic (exact) mass is 309 g/mol. The van der Waals surface area contributed by atoms with E-state index in [-0.39, 0.29) is 12.5 Å². The molecule has 1 aliphatic rings. The first-order valence-electron chi connectivity index (χ1n) is 7.63. The molecule has 0 aromatic heterocycles. The van der Waals surface area contributed by atoms with Crippen LogP contribution in [0.2, 0.25) is 0 Å². The van der Waals surface area contributed by atoms with Crippen LogP contribution in [0.4, 0.5) is 0 Å². The van der Waals surface area contributed by atoms with E-state index in [4.69, 9.17) is 4.74 Å². The lowest BCUT2D eigenvalue weighted by Crippen LogP contribution is -2.43. The van der Waals surface area contributed by atoms with Gasteiger partial charge in [-0.15, -0.1) is 0 Å². The molecule has 118 valence electrons. The van der Waals surface area contributed by atoms with Crippen molar-refractivity contribution in [3.63, 3.8) is 0 Å². The van der Waals surface area contributed by atoms with E-state index in [1.807, 2.05) is 54.6 Å². The largest absolute Gasteiger partial charge is 0.493 e. The van der Waals surface area contributed by atoms with Crippen molar-refractivity contribution in [3.05, 3.63) is 71.8 Å². The van der Waals surface area contributed by atoms with E-state index >= 15 is 0 Å². The van der Waals surface area contributed by atoms with Crippen molar-refractivity contribution in [2.45, 2.75) is 12.0 Å². The average Bonchev–Trinajstić information content (AvgIpc) is 2.60. The highest BCUT2D eigenvalue weighted by molar-refractivity contribution is 5.91. The Morgan fingerprint density at radius 3 is 2.74 bits per heavy atom. The van der Waals surface area contributed by atoms with Gasteiger partial charge in [0, 0.05) is 18.1 Å². The minimum Gasteiger partial charge on any atom is -0.493 e. The zero-order valence-electron chi connectivity index (χ0n) is 12.7. The molecule has 2 N–H and O–H groups in total. The minimum absolute atomic E-state index is 0.158. The highest BCUT2D eigenvalue weighted by Crippen LogP contribution is 2.36. The van der Waals surface area contributed by atoms with Gasteiger partial charge in [0.1, 0.15) is 11.4 Å². The van der Waals surface area contributed by atoms with Crippen molar-refractivity contribution in [2.24, 2.45) is 0 Å². The zero-order valence-corrected chi connectivity index (χ0v) is 12.7. The SMILES string of the molecule is O=C(/C=C/c1ccccc1)NC[C@]1(O)CCOc2ccccc21. The molecule has 2 aromatic rings. The summed E-state index contributed by atoms with van der Waals surface area (Å²) < 4.78 is 5.54. The van der Waals surface area contributed by atoms with Crippen LogP contribution in [0.25, 0.3) is 6.08 Å². The first-order chi connectivity index (χ1) is 11.2. The molecule has 0 saturated carbocycles. The molecule has 1 atom stereocenters. The molecule has 0 unspecified atom stereocenters. The smallest absolute Gasteiger partial charge is 0.244 e. The van der Waals surface area contributed by atoms with Crippen LogP contribution in [0.15, 0.2) is 60.7 Å². The number of fused-ring (bicyclic) bond motifs is 1. The fourth-order valence-electron chi connectivity index (χ4n) is 2.65. The number of benzene rings is 2. The number of ether oxygens (including phenoxy) is 1. The predicted octanol–water partition coefficient (Wildman–Crippen LogP) is 2.49. The predicted molar refractivity (Wildman–Crippen MR) is 88.9 cm³/mol. The van der Waals surface area contributed by atoms with E-state index in [9.17, 15) is 9.90 Å². The van der Waals surface area contributed by atoms with E-state index < -0.39 is 5.60 Å². The van der Waals surface area contributed by atoms with Gasteiger partial charge in [-0.05, 0) is 17.7 Å². The summed E-state index contributed by atoms with van der Waals surface area (Å²) in [5, 5.41) is 13.6. The molecule has 1 amide bonds. The molecule has 0 spiro atoms. The Kier molecular flexibility index (Phi) is 4.44. The van der Waals surface area contributed by atoms with Crippen LogP contribution >= 0.6 is 0 Å². The van der Waals surface area contributed by atoms with Crippen LogP contribution in [0.3, 0.4) is 0 Å². The van der Waals surface area contributed by atoms with E-state index in [1.165, 1.54) is 6.08 Å². The summed E-state index contributed by atoms with van der Waals surface area (Å²) in [5.41, 5.74) is 0.585. The fraction of sp³-hybridized carbons (Fsp3) is 0.211. The number of nitrogens with one attached hydrogen (secondary N) is 1. The van der Waals surface area contributed by atoms with Crippen LogP contribution in [-0.4, -0.2) is 24.2 Å². The third-order valence-electron chi connectivity index (χ3n) is 3.94. The summed E-state index contributed by atoms with van der Waals surface area (Å²) in [5.74, 6) is 0.446. The summed E-state index contributed by atoms with van der Waals surface area (Å²) in [6.07, 6.45) is 3.67. The second kappa shape index (κ2) is 6.67. The molecule has 4 nitrogen and oxygen atoms in total. The summed E-state index contributed by atoms with van der Waals surface area (Å²) in [6.45, 7) is 0.592. The third-order valence-corrected chi connectivity index (χ3v) is 3.94. The Morgan fingerprint density at radius 1 is 1.17 bits per heavy atom. The molecule has 0 fully saturated rings. The van der Waals surface area contributed by atoms with Crippen molar-refractivity contribution in [1.82, 2.24) is 5.32 Å². The van der Waals surface area contributed by atoms with Crippen LogP contribution in [0, 0.1) is 0 Å². The molecule has 23 heavy (non-hydrogen) atoms. The molecule has 3 rings (SSSR count). The van der Waals surface area contributed by atoms with Gasteiger partial charge in [-0.2, -0.15) is 0 Å². The Balaban J connectivity index is 1.64. The number of carbonyl (C=O) groups excluding carboxylic acids is 1.